The first kappa shape index (κ1) is 60.8. The van der Waals surface area contributed by atoms with Crippen molar-refractivity contribution in [2.45, 2.75) is 27.7 Å². The van der Waals surface area contributed by atoms with E-state index in [0.717, 1.165) is 91.4 Å². The molecule has 6 aromatic rings. The number of hydrogen-bond donors (Lipinski definition) is 0. The van der Waals surface area contributed by atoms with Gasteiger partial charge in [-0.15, -0.1) is 0 Å². The minimum Gasteiger partial charge on any atom is 2.00 e. The summed E-state index contributed by atoms with van der Waals surface area (Å²) < 4.78 is 139. The van der Waals surface area contributed by atoms with E-state index in [0.29, 0.717) is 0 Å². The molecule has 0 spiro atoms. The Morgan fingerprint density at radius 3 is 0.620 bits per heavy atom. The quantitative estimate of drug-likeness (QED) is 0.0522. The van der Waals surface area contributed by atoms with Crippen LogP contribution in [0.15, 0.2) is 153 Å². The zero-order valence-electron chi connectivity index (χ0n) is 39.2. The number of aliphatic imine (C=N–C) groups is 4. The molecule has 0 radical (unpaired) electrons. The van der Waals surface area contributed by atoms with Crippen molar-refractivity contribution in [2.24, 2.45) is 20.0 Å². The van der Waals surface area contributed by atoms with Crippen molar-refractivity contribution >= 4 is 61.2 Å². The number of aromatic nitrogens is 2. The molecule has 6 rings (SSSR count). The molecule has 0 amide bonds. The van der Waals surface area contributed by atoms with Crippen LogP contribution in [0, 0.1) is 0 Å². The maximum absolute atomic E-state index is 10.7. The molecule has 0 aliphatic rings. The predicted molar refractivity (Wildman–Crippen MR) is 255 cm³/mol. The molecule has 0 aliphatic carbocycles. The Balaban J connectivity index is 0.000000380. The van der Waals surface area contributed by atoms with Gasteiger partial charge in [0.15, 0.2) is 0 Å². The van der Waals surface area contributed by atoms with Gasteiger partial charge in [0.05, 0.1) is 96.8 Å². The van der Waals surface area contributed by atoms with Crippen LogP contribution in [-0.2, 0) is 19.5 Å². The second kappa shape index (κ2) is 23.3. The predicted octanol–water partition coefficient (Wildman–Crippen LogP) is 17.5. The molecule has 10 nitrogen and oxygen atoms in total. The normalized spacial score (nSPS) is 14.0. The number of halogens is 12. The molecule has 71 heavy (non-hydrogen) atoms. The molecule has 2 aromatic heterocycles. The summed E-state index contributed by atoms with van der Waals surface area (Å²) in [5.41, 5.74) is 10.0. The minimum atomic E-state index is -10.7. The first-order chi connectivity index (χ1) is 32.1. The number of pyridine rings is 2. The van der Waals surface area contributed by atoms with Gasteiger partial charge in [0, 0.05) is 0 Å². The van der Waals surface area contributed by atoms with Crippen LogP contribution in [0.4, 0.5) is 73.1 Å². The molecule has 380 valence electrons. The standard InChI is InChI=1S/2C23H23N3O2.2F6P.Zn/c2*1-16(24-18-8-12-20(27-3)13-9-18)22-6-5-7-23(26-22)17(2)25-19-10-14-21(28-4)15-11-19;2*1-7(2,3,4,5)6;/h2*5-15H,1-4H3;;;/q;;2*-1;+2. The van der Waals surface area contributed by atoms with E-state index in [4.69, 9.17) is 28.9 Å². The summed E-state index contributed by atoms with van der Waals surface area (Å²) >= 11 is 0. The van der Waals surface area contributed by atoms with E-state index in [1.807, 2.05) is 161 Å². The molecule has 0 unspecified atom stereocenters. The Morgan fingerprint density at radius 2 is 0.479 bits per heavy atom. The Labute approximate surface area is 413 Å². The molecule has 4 aromatic carbocycles. The third-order valence-electron chi connectivity index (χ3n) is 8.46. The van der Waals surface area contributed by atoms with Crippen LogP contribution < -0.4 is 18.9 Å². The Hall–Kier alpha value is -6.30. The molecule has 0 bridgehead atoms. The Morgan fingerprint density at radius 1 is 0.324 bits per heavy atom. The zero-order valence-corrected chi connectivity index (χ0v) is 43.9. The maximum atomic E-state index is 9.87. The van der Waals surface area contributed by atoms with E-state index in [9.17, 15) is 50.4 Å². The topological polar surface area (TPSA) is 112 Å². The van der Waals surface area contributed by atoms with Gasteiger partial charge in [-0.05, 0) is 149 Å². The van der Waals surface area contributed by atoms with Crippen LogP contribution >= 0.6 is 15.6 Å². The largest absolute Gasteiger partial charge is 2.00 e. The van der Waals surface area contributed by atoms with Gasteiger partial charge in [-0.25, -0.2) is 9.97 Å². The van der Waals surface area contributed by atoms with E-state index >= 15 is 0 Å². The summed E-state index contributed by atoms with van der Waals surface area (Å²) in [6.07, 6.45) is 0. The fourth-order valence-electron chi connectivity index (χ4n) is 5.31. The van der Waals surface area contributed by atoms with Gasteiger partial charge in [0.25, 0.3) is 0 Å². The molecule has 0 saturated carbocycles. The van der Waals surface area contributed by atoms with Crippen molar-refractivity contribution in [3.05, 3.63) is 156 Å². The van der Waals surface area contributed by atoms with Gasteiger partial charge in [-0.2, -0.15) is 0 Å². The fraction of sp³-hybridized carbons (Fsp3) is 0.174. The summed E-state index contributed by atoms with van der Waals surface area (Å²) in [6, 6.07) is 42.2. The molecule has 0 fully saturated rings. The van der Waals surface area contributed by atoms with Gasteiger partial charge in [-0.3, -0.25) is 20.0 Å². The van der Waals surface area contributed by atoms with Gasteiger partial charge >= 0.3 is 85.5 Å². The number of methoxy groups -OCH3 is 4. The van der Waals surface area contributed by atoms with E-state index in [-0.39, 0.29) is 19.5 Å². The van der Waals surface area contributed by atoms with Gasteiger partial charge in [0.1, 0.15) is 23.0 Å². The first-order valence-electron chi connectivity index (χ1n) is 19.9. The van der Waals surface area contributed by atoms with E-state index in [2.05, 4.69) is 20.0 Å². The van der Waals surface area contributed by atoms with Crippen molar-refractivity contribution in [3.63, 3.8) is 0 Å². The van der Waals surface area contributed by atoms with E-state index < -0.39 is 15.6 Å². The molecule has 2 heterocycles. The Kier molecular flexibility index (Phi) is 20.0. The fourth-order valence-corrected chi connectivity index (χ4v) is 5.31. The number of nitrogens with zero attached hydrogens (tertiary/aromatic N) is 6. The van der Waals surface area contributed by atoms with Crippen LogP contribution in [-0.4, -0.2) is 61.3 Å². The summed E-state index contributed by atoms with van der Waals surface area (Å²) in [5, 5.41) is 0. The van der Waals surface area contributed by atoms with Crippen molar-refractivity contribution in [1.29, 1.82) is 0 Å². The smallest absolute Gasteiger partial charge is 2.00 e. The summed E-state index contributed by atoms with van der Waals surface area (Å²) in [6.45, 7) is 7.80. The average Bonchev–Trinajstić information content (AvgIpc) is 3.28. The second-order valence-electron chi connectivity index (χ2n) is 14.3. The first-order valence-corrected chi connectivity index (χ1v) is 24.0. The molecule has 0 atom stereocenters. The SMILES string of the molecule is COc1ccc(N=C(C)c2cccc(C(C)=Nc3ccc(OC)cc3)n2)cc1.COc1ccc(N=C(C)c2cccc(C(C)=Nc3ccc(OC)cc3)n2)cc1.F[P-](F)(F)(F)(F)F.F[P-](F)(F)(F)(F)F.[Zn+2]. The summed E-state index contributed by atoms with van der Waals surface area (Å²) in [4.78, 5) is 28.1. The number of rotatable bonds is 12. The molecule has 25 heteroatoms. The summed E-state index contributed by atoms with van der Waals surface area (Å²) in [7, 11) is -14.7. The average molecular weight is 1100 g/mol. The van der Waals surface area contributed by atoms with E-state index in [1.54, 1.807) is 28.4 Å². The van der Waals surface area contributed by atoms with Crippen LogP contribution in [0.3, 0.4) is 0 Å². The van der Waals surface area contributed by atoms with Crippen LogP contribution in [0.1, 0.15) is 50.5 Å². The van der Waals surface area contributed by atoms with Crippen molar-refractivity contribution in [1.82, 2.24) is 9.97 Å². The zero-order chi connectivity index (χ0) is 52.7. The van der Waals surface area contributed by atoms with Gasteiger partial charge in [0.2, 0.25) is 0 Å². The Bertz CT molecular complexity index is 2450. The number of hydrogen-bond acceptors (Lipinski definition) is 10. The van der Waals surface area contributed by atoms with E-state index in [1.165, 1.54) is 0 Å². The van der Waals surface area contributed by atoms with Gasteiger partial charge < -0.3 is 18.9 Å². The summed E-state index contributed by atoms with van der Waals surface area (Å²) in [5.74, 6) is 3.23. The maximum Gasteiger partial charge on any atom is 2.00 e. The molecule has 0 saturated heterocycles. The molecule has 0 N–H and O–H groups in total. The second-order valence-corrected chi connectivity index (χ2v) is 18.1. The van der Waals surface area contributed by atoms with Crippen molar-refractivity contribution in [3.8, 4) is 23.0 Å². The van der Waals surface area contributed by atoms with Gasteiger partial charge in [-0.1, -0.05) is 12.1 Å². The molecule has 0 aliphatic heterocycles. The van der Waals surface area contributed by atoms with Crippen LogP contribution in [0.25, 0.3) is 0 Å². The van der Waals surface area contributed by atoms with Crippen LogP contribution in [0.2, 0.25) is 0 Å². The van der Waals surface area contributed by atoms with Crippen molar-refractivity contribution < 1.29 is 88.8 Å². The van der Waals surface area contributed by atoms with Crippen molar-refractivity contribution in [2.75, 3.05) is 28.4 Å². The molecular formula is C46H46F12N6O4P2Zn. The van der Waals surface area contributed by atoms with Crippen LogP contribution in [0.5, 0.6) is 23.0 Å². The number of ether oxygens (including phenoxy) is 4. The number of benzene rings is 4. The minimum absolute atomic E-state index is 0. The third-order valence-corrected chi connectivity index (χ3v) is 8.46. The third kappa shape index (κ3) is 27.6. The monoisotopic (exact) mass is 1100 g/mol. The molecular weight excluding hydrogens is 1060 g/mol.